The third kappa shape index (κ3) is 3.27. The predicted molar refractivity (Wildman–Crippen MR) is 82.1 cm³/mol. The topological polar surface area (TPSA) is 75.9 Å². The number of hydrogen-bond donors (Lipinski definition) is 1. The lowest BCUT2D eigenvalue weighted by molar-refractivity contribution is -0.147. The van der Waals surface area contributed by atoms with Crippen LogP contribution < -0.4 is 5.73 Å². The minimum absolute atomic E-state index is 0.0386. The third-order valence-electron chi connectivity index (χ3n) is 5.46. The van der Waals surface area contributed by atoms with Crippen molar-refractivity contribution >= 4 is 11.8 Å². The van der Waals surface area contributed by atoms with E-state index in [1.54, 1.807) is 0 Å². The average molecular weight is 309 g/mol. The molecule has 0 bridgehead atoms. The first-order valence-electron chi connectivity index (χ1n) is 8.58. The first-order valence-corrected chi connectivity index (χ1v) is 8.58. The van der Waals surface area contributed by atoms with Crippen molar-refractivity contribution in [1.82, 2.24) is 9.80 Å². The van der Waals surface area contributed by atoms with Crippen LogP contribution in [-0.2, 0) is 14.3 Å². The molecule has 0 aromatic rings. The van der Waals surface area contributed by atoms with Crippen molar-refractivity contribution in [3.05, 3.63) is 0 Å². The van der Waals surface area contributed by atoms with Crippen LogP contribution in [0.5, 0.6) is 0 Å². The normalized spacial score (nSPS) is 29.7. The minimum Gasteiger partial charge on any atom is -0.381 e. The van der Waals surface area contributed by atoms with Gasteiger partial charge < -0.3 is 20.3 Å². The number of piperidine rings is 2. The van der Waals surface area contributed by atoms with Gasteiger partial charge in [-0.1, -0.05) is 0 Å². The second-order valence-electron chi connectivity index (χ2n) is 6.74. The van der Waals surface area contributed by atoms with E-state index in [1.807, 2.05) is 4.90 Å². The van der Waals surface area contributed by atoms with Crippen molar-refractivity contribution < 1.29 is 14.3 Å². The molecular weight excluding hydrogens is 282 g/mol. The van der Waals surface area contributed by atoms with E-state index < -0.39 is 11.8 Å². The van der Waals surface area contributed by atoms with Gasteiger partial charge >= 0.3 is 0 Å². The number of nitrogens with zero attached hydrogens (tertiary/aromatic N) is 2. The van der Waals surface area contributed by atoms with Crippen LogP contribution in [0.4, 0.5) is 0 Å². The molecule has 0 aliphatic carbocycles. The molecule has 3 fully saturated rings. The van der Waals surface area contributed by atoms with Crippen LogP contribution in [0.15, 0.2) is 0 Å². The molecule has 3 rings (SSSR count). The van der Waals surface area contributed by atoms with Crippen molar-refractivity contribution in [2.75, 3.05) is 32.8 Å². The highest BCUT2D eigenvalue weighted by molar-refractivity contribution is 6.00. The highest BCUT2D eigenvalue weighted by atomic mass is 16.5. The Morgan fingerprint density at radius 3 is 2.32 bits per heavy atom. The molecule has 3 heterocycles. The zero-order valence-electron chi connectivity index (χ0n) is 13.2. The summed E-state index contributed by atoms with van der Waals surface area (Å²) in [6.07, 6.45) is 5.77. The van der Waals surface area contributed by atoms with Gasteiger partial charge in [0, 0.05) is 44.9 Å². The molecule has 1 atom stereocenters. The number of amides is 2. The number of rotatable bonds is 3. The van der Waals surface area contributed by atoms with Crippen molar-refractivity contribution in [3.8, 4) is 0 Å². The SMILES string of the molecule is NC(=O)C1CCCN(C2CCN(C3CCOCC3)CC2)C1=O. The van der Waals surface area contributed by atoms with E-state index in [0.29, 0.717) is 12.5 Å². The van der Waals surface area contributed by atoms with E-state index in [1.165, 1.54) is 0 Å². The van der Waals surface area contributed by atoms with Crippen molar-refractivity contribution in [2.24, 2.45) is 11.7 Å². The molecule has 2 amide bonds. The van der Waals surface area contributed by atoms with Gasteiger partial charge in [0.25, 0.3) is 0 Å². The van der Waals surface area contributed by atoms with Gasteiger partial charge in [-0.05, 0) is 38.5 Å². The van der Waals surface area contributed by atoms with Gasteiger partial charge in [0.05, 0.1) is 0 Å². The highest BCUT2D eigenvalue weighted by Gasteiger charge is 2.38. The number of carbonyl (C=O) groups is 2. The van der Waals surface area contributed by atoms with Crippen molar-refractivity contribution in [3.63, 3.8) is 0 Å². The molecule has 124 valence electrons. The first kappa shape index (κ1) is 15.7. The van der Waals surface area contributed by atoms with Crippen LogP contribution >= 0.6 is 0 Å². The summed E-state index contributed by atoms with van der Waals surface area (Å²) in [4.78, 5) is 28.3. The standard InChI is InChI=1S/C16H27N3O3/c17-15(20)14-2-1-7-19(16(14)21)13-3-8-18(9-4-13)12-5-10-22-11-6-12/h12-14H,1-11H2,(H2,17,20). The Hall–Kier alpha value is -1.14. The molecule has 0 radical (unpaired) electrons. The molecule has 1 unspecified atom stereocenters. The molecule has 0 aromatic heterocycles. The lowest BCUT2D eigenvalue weighted by Gasteiger charge is -2.44. The minimum atomic E-state index is -0.595. The molecule has 6 heteroatoms. The number of hydrogen-bond acceptors (Lipinski definition) is 4. The summed E-state index contributed by atoms with van der Waals surface area (Å²) in [7, 11) is 0. The summed E-state index contributed by atoms with van der Waals surface area (Å²) in [6, 6.07) is 0.927. The Morgan fingerprint density at radius 1 is 1.00 bits per heavy atom. The molecule has 0 aromatic carbocycles. The predicted octanol–water partition coefficient (Wildman–Crippen LogP) is 0.354. The van der Waals surface area contributed by atoms with Crippen LogP contribution in [-0.4, -0.2) is 66.5 Å². The molecule has 0 saturated carbocycles. The lowest BCUT2D eigenvalue weighted by atomic mass is 9.92. The summed E-state index contributed by atoms with van der Waals surface area (Å²) in [6.45, 7) is 4.61. The molecule has 3 saturated heterocycles. The van der Waals surface area contributed by atoms with Crippen molar-refractivity contribution in [2.45, 2.75) is 50.6 Å². The van der Waals surface area contributed by atoms with Crippen LogP contribution in [0.1, 0.15) is 38.5 Å². The maximum absolute atomic E-state index is 12.4. The zero-order valence-corrected chi connectivity index (χ0v) is 13.2. The molecule has 0 spiro atoms. The van der Waals surface area contributed by atoms with Crippen LogP contribution in [0.3, 0.4) is 0 Å². The van der Waals surface area contributed by atoms with Gasteiger partial charge in [0.1, 0.15) is 5.92 Å². The first-order chi connectivity index (χ1) is 10.7. The fourth-order valence-electron chi connectivity index (χ4n) is 4.14. The van der Waals surface area contributed by atoms with Gasteiger partial charge in [0.2, 0.25) is 11.8 Å². The molecule has 6 nitrogen and oxygen atoms in total. The second-order valence-corrected chi connectivity index (χ2v) is 6.74. The molecule has 3 aliphatic heterocycles. The number of primary amides is 1. The molecule has 22 heavy (non-hydrogen) atoms. The largest absolute Gasteiger partial charge is 0.381 e. The Kier molecular flexibility index (Phi) is 4.98. The van der Waals surface area contributed by atoms with E-state index in [4.69, 9.17) is 10.5 Å². The summed E-state index contributed by atoms with van der Waals surface area (Å²) in [5.41, 5.74) is 5.36. The van der Waals surface area contributed by atoms with Crippen LogP contribution in [0, 0.1) is 5.92 Å². The Labute approximate surface area is 131 Å². The number of nitrogens with two attached hydrogens (primary N) is 1. The smallest absolute Gasteiger partial charge is 0.235 e. The number of ether oxygens (including phenoxy) is 1. The summed E-state index contributed by atoms with van der Waals surface area (Å²) >= 11 is 0. The van der Waals surface area contributed by atoms with Crippen LogP contribution in [0.25, 0.3) is 0 Å². The maximum Gasteiger partial charge on any atom is 0.235 e. The summed E-state index contributed by atoms with van der Waals surface area (Å²) in [5, 5.41) is 0. The Bertz CT molecular complexity index is 415. The zero-order chi connectivity index (χ0) is 15.5. The highest BCUT2D eigenvalue weighted by Crippen LogP contribution is 2.27. The molecule has 3 aliphatic rings. The summed E-state index contributed by atoms with van der Waals surface area (Å²) in [5.74, 6) is -1.10. The fraction of sp³-hybridized carbons (Fsp3) is 0.875. The van der Waals surface area contributed by atoms with Gasteiger partial charge in [-0.3, -0.25) is 9.59 Å². The van der Waals surface area contributed by atoms with Crippen molar-refractivity contribution in [1.29, 1.82) is 0 Å². The van der Waals surface area contributed by atoms with E-state index in [0.717, 1.165) is 65.0 Å². The van der Waals surface area contributed by atoms with E-state index in [-0.39, 0.29) is 11.9 Å². The third-order valence-corrected chi connectivity index (χ3v) is 5.46. The number of likely N-dealkylation sites (tertiary alicyclic amines) is 2. The van der Waals surface area contributed by atoms with Gasteiger partial charge in [-0.2, -0.15) is 0 Å². The molecular formula is C16H27N3O3. The van der Waals surface area contributed by atoms with E-state index in [9.17, 15) is 9.59 Å². The fourth-order valence-corrected chi connectivity index (χ4v) is 4.14. The second kappa shape index (κ2) is 6.96. The molecule has 2 N–H and O–H groups in total. The Morgan fingerprint density at radius 2 is 1.68 bits per heavy atom. The van der Waals surface area contributed by atoms with Gasteiger partial charge in [-0.25, -0.2) is 0 Å². The van der Waals surface area contributed by atoms with Gasteiger partial charge in [0.15, 0.2) is 0 Å². The number of carbonyl (C=O) groups excluding carboxylic acids is 2. The quantitative estimate of drug-likeness (QED) is 0.764. The monoisotopic (exact) mass is 309 g/mol. The van der Waals surface area contributed by atoms with E-state index in [2.05, 4.69) is 4.90 Å². The Balaban J connectivity index is 1.54. The van der Waals surface area contributed by atoms with Crippen LogP contribution in [0.2, 0.25) is 0 Å². The van der Waals surface area contributed by atoms with Gasteiger partial charge in [-0.15, -0.1) is 0 Å². The lowest BCUT2D eigenvalue weighted by Crippen LogP contribution is -2.55. The van der Waals surface area contributed by atoms with E-state index >= 15 is 0 Å². The maximum atomic E-state index is 12.4. The summed E-state index contributed by atoms with van der Waals surface area (Å²) < 4.78 is 5.43. The average Bonchev–Trinajstić information content (AvgIpc) is 2.56.